The molecule has 1 aromatic heterocycles. The number of rotatable bonds is 3. The molecule has 0 unspecified atom stereocenters. The number of pyridine rings is 1. The lowest BCUT2D eigenvalue weighted by atomic mass is 10.1. The van der Waals surface area contributed by atoms with Crippen molar-refractivity contribution in [1.29, 1.82) is 0 Å². The van der Waals surface area contributed by atoms with Gasteiger partial charge in [-0.3, -0.25) is 4.21 Å². The average Bonchev–Trinajstić information content (AvgIpc) is 2.48. The second kappa shape index (κ2) is 7.62. The minimum absolute atomic E-state index is 0.101. The number of hydrogen-bond acceptors (Lipinski definition) is 4. The molecule has 1 fully saturated rings. The Morgan fingerprint density at radius 3 is 2.57 bits per heavy atom. The van der Waals surface area contributed by atoms with Crippen LogP contribution in [-0.2, 0) is 21.3 Å². The molecule has 0 spiro atoms. The third-order valence-corrected chi connectivity index (χ3v) is 5.62. The highest BCUT2D eigenvalue weighted by Gasteiger charge is 2.29. The van der Waals surface area contributed by atoms with Crippen LogP contribution in [0.1, 0.15) is 39.2 Å². The Balaban J connectivity index is 1.83. The summed E-state index contributed by atoms with van der Waals surface area (Å²) in [5, 5.41) is 0.537. The predicted octanol–water partition coefficient (Wildman–Crippen LogP) is 3.38. The van der Waals surface area contributed by atoms with E-state index in [9.17, 15) is 9.00 Å². The number of likely N-dealkylation sites (tertiary alicyclic amines) is 1. The van der Waals surface area contributed by atoms with E-state index < -0.39 is 16.4 Å². The lowest BCUT2D eigenvalue weighted by Gasteiger charge is -2.33. The molecule has 1 aromatic rings. The Bertz CT molecular complexity index is 564. The van der Waals surface area contributed by atoms with Gasteiger partial charge in [0.05, 0.1) is 5.75 Å². The average molecular weight is 359 g/mol. The normalized spacial score (nSPS) is 17.8. The third-order valence-electron chi connectivity index (χ3n) is 3.56. The number of hydrogen-bond donors (Lipinski definition) is 0. The molecule has 0 bridgehead atoms. The Labute approximate surface area is 144 Å². The SMILES string of the molecule is CC(C)(C)OC(=O)N1CCC([S@@](=O)Cc2ccc(Cl)nc2)CC1. The number of halogens is 1. The highest BCUT2D eigenvalue weighted by Crippen LogP contribution is 2.20. The molecule has 0 aliphatic carbocycles. The van der Waals surface area contributed by atoms with Crippen LogP contribution in [0.25, 0.3) is 0 Å². The zero-order valence-corrected chi connectivity index (χ0v) is 15.3. The van der Waals surface area contributed by atoms with Crippen molar-refractivity contribution < 1.29 is 13.7 Å². The van der Waals surface area contributed by atoms with E-state index in [1.54, 1.807) is 17.2 Å². The second-order valence-corrected chi connectivity index (χ2v) is 8.79. The third kappa shape index (κ3) is 5.77. The van der Waals surface area contributed by atoms with E-state index in [1.165, 1.54) is 0 Å². The van der Waals surface area contributed by atoms with Crippen molar-refractivity contribution in [3.63, 3.8) is 0 Å². The maximum Gasteiger partial charge on any atom is 0.410 e. The molecule has 0 aromatic carbocycles. The lowest BCUT2D eigenvalue weighted by molar-refractivity contribution is 0.0218. The molecule has 1 aliphatic heterocycles. The van der Waals surface area contributed by atoms with Crippen molar-refractivity contribution in [2.75, 3.05) is 13.1 Å². The number of ether oxygens (including phenoxy) is 1. The first-order chi connectivity index (χ1) is 10.7. The van der Waals surface area contributed by atoms with E-state index in [2.05, 4.69) is 4.98 Å². The second-order valence-electron chi connectivity index (χ2n) is 6.68. The van der Waals surface area contributed by atoms with E-state index in [-0.39, 0.29) is 11.3 Å². The molecule has 2 rings (SSSR count). The molecule has 128 valence electrons. The molecule has 1 amide bonds. The molecule has 23 heavy (non-hydrogen) atoms. The van der Waals surface area contributed by atoms with Gasteiger partial charge in [-0.15, -0.1) is 0 Å². The van der Waals surface area contributed by atoms with Crippen molar-refractivity contribution in [3.05, 3.63) is 29.0 Å². The molecule has 1 atom stereocenters. The molecule has 1 saturated heterocycles. The Morgan fingerprint density at radius 2 is 2.04 bits per heavy atom. The van der Waals surface area contributed by atoms with E-state index in [1.807, 2.05) is 26.8 Å². The van der Waals surface area contributed by atoms with Crippen LogP contribution in [0.15, 0.2) is 18.3 Å². The molecule has 1 aliphatic rings. The highest BCUT2D eigenvalue weighted by molar-refractivity contribution is 7.84. The molecule has 0 saturated carbocycles. The van der Waals surface area contributed by atoms with Gasteiger partial charge >= 0.3 is 6.09 Å². The fraction of sp³-hybridized carbons (Fsp3) is 0.625. The summed E-state index contributed by atoms with van der Waals surface area (Å²) >= 11 is 5.75. The summed E-state index contributed by atoms with van der Waals surface area (Å²) in [6.07, 6.45) is 2.83. The number of amides is 1. The quantitative estimate of drug-likeness (QED) is 0.777. The Hall–Kier alpha value is -1.14. The summed E-state index contributed by atoms with van der Waals surface area (Å²) in [5.74, 6) is 0.473. The van der Waals surface area contributed by atoms with Crippen LogP contribution in [-0.4, -0.2) is 44.1 Å². The van der Waals surface area contributed by atoms with Crippen LogP contribution >= 0.6 is 11.6 Å². The van der Waals surface area contributed by atoms with Crippen LogP contribution in [0, 0.1) is 0 Å². The zero-order valence-electron chi connectivity index (χ0n) is 13.8. The van der Waals surface area contributed by atoms with E-state index in [4.69, 9.17) is 16.3 Å². The molecule has 7 heteroatoms. The molecule has 0 N–H and O–H groups in total. The van der Waals surface area contributed by atoms with Gasteiger partial charge in [0.2, 0.25) is 0 Å². The summed E-state index contributed by atoms with van der Waals surface area (Å²) < 4.78 is 17.8. The first-order valence-electron chi connectivity index (χ1n) is 7.70. The summed E-state index contributed by atoms with van der Waals surface area (Å²) in [6.45, 7) is 6.74. The van der Waals surface area contributed by atoms with Crippen LogP contribution in [0.2, 0.25) is 5.15 Å². The van der Waals surface area contributed by atoms with E-state index in [0.29, 0.717) is 24.0 Å². The minimum atomic E-state index is -0.973. The topological polar surface area (TPSA) is 59.5 Å². The number of carbonyl (C=O) groups excluding carboxylic acids is 1. The van der Waals surface area contributed by atoms with Gasteiger partial charge in [-0.2, -0.15) is 0 Å². The fourth-order valence-electron chi connectivity index (χ4n) is 2.40. The molecule has 5 nitrogen and oxygen atoms in total. The smallest absolute Gasteiger partial charge is 0.410 e. The lowest BCUT2D eigenvalue weighted by Crippen LogP contribution is -2.43. The first-order valence-corrected chi connectivity index (χ1v) is 9.46. The van der Waals surface area contributed by atoms with Crippen molar-refractivity contribution >= 4 is 28.5 Å². The molecular formula is C16H23ClN2O3S. The maximum atomic E-state index is 12.5. The van der Waals surface area contributed by atoms with Gasteiger partial charge < -0.3 is 9.64 Å². The Kier molecular flexibility index (Phi) is 6.03. The van der Waals surface area contributed by atoms with Crippen LogP contribution in [0.4, 0.5) is 4.79 Å². The van der Waals surface area contributed by atoms with E-state index in [0.717, 1.165) is 18.4 Å². The van der Waals surface area contributed by atoms with Crippen molar-refractivity contribution in [2.45, 2.75) is 50.2 Å². The van der Waals surface area contributed by atoms with E-state index >= 15 is 0 Å². The monoisotopic (exact) mass is 358 g/mol. The molecule has 0 radical (unpaired) electrons. The minimum Gasteiger partial charge on any atom is -0.444 e. The predicted molar refractivity (Wildman–Crippen MR) is 91.9 cm³/mol. The van der Waals surface area contributed by atoms with Gasteiger partial charge in [0.15, 0.2) is 0 Å². The van der Waals surface area contributed by atoms with Gasteiger partial charge in [-0.05, 0) is 45.2 Å². The largest absolute Gasteiger partial charge is 0.444 e. The number of nitrogens with zero attached hydrogens (tertiary/aromatic N) is 2. The summed E-state index contributed by atoms with van der Waals surface area (Å²) in [5.41, 5.74) is 0.431. The van der Waals surface area contributed by atoms with Crippen LogP contribution < -0.4 is 0 Å². The van der Waals surface area contributed by atoms with Gasteiger partial charge in [-0.25, -0.2) is 9.78 Å². The summed E-state index contributed by atoms with van der Waals surface area (Å²) in [4.78, 5) is 17.7. The van der Waals surface area contributed by atoms with Crippen LogP contribution in [0.3, 0.4) is 0 Å². The first kappa shape index (κ1) is 18.2. The number of piperidine rings is 1. The van der Waals surface area contributed by atoms with Gasteiger partial charge in [0.25, 0.3) is 0 Å². The van der Waals surface area contributed by atoms with Gasteiger partial charge in [-0.1, -0.05) is 17.7 Å². The van der Waals surface area contributed by atoms with Crippen LogP contribution in [0.5, 0.6) is 0 Å². The number of carbonyl (C=O) groups is 1. The molecular weight excluding hydrogens is 336 g/mol. The summed E-state index contributed by atoms with van der Waals surface area (Å²) in [6, 6.07) is 3.56. The zero-order chi connectivity index (χ0) is 17.0. The van der Waals surface area contributed by atoms with Gasteiger partial charge in [0.1, 0.15) is 10.8 Å². The highest BCUT2D eigenvalue weighted by atomic mass is 35.5. The van der Waals surface area contributed by atoms with Crippen molar-refractivity contribution in [1.82, 2.24) is 9.88 Å². The molecule has 2 heterocycles. The summed E-state index contributed by atoms with van der Waals surface area (Å²) in [7, 11) is -0.973. The van der Waals surface area contributed by atoms with Gasteiger partial charge in [0, 0.05) is 35.3 Å². The number of aromatic nitrogens is 1. The standard InChI is InChI=1S/C16H23ClN2O3S/c1-16(2,3)22-15(20)19-8-6-13(7-9-19)23(21)11-12-4-5-14(17)18-10-12/h4-5,10,13H,6-9,11H2,1-3H3/t23-/m0/s1. The fourth-order valence-corrected chi connectivity index (χ4v) is 3.99. The van der Waals surface area contributed by atoms with Crippen molar-refractivity contribution in [2.24, 2.45) is 0 Å². The maximum absolute atomic E-state index is 12.5. The Morgan fingerprint density at radius 1 is 1.39 bits per heavy atom. The van der Waals surface area contributed by atoms with Crippen molar-refractivity contribution in [3.8, 4) is 0 Å².